The van der Waals surface area contributed by atoms with Crippen LogP contribution in [-0.2, 0) is 26.1 Å². The zero-order valence-corrected chi connectivity index (χ0v) is 25.5. The molecule has 0 fully saturated rings. The highest BCUT2D eigenvalue weighted by Crippen LogP contribution is 2.29. The van der Waals surface area contributed by atoms with Crippen LogP contribution in [0.1, 0.15) is 63.8 Å². The van der Waals surface area contributed by atoms with E-state index in [-0.39, 0.29) is 16.4 Å². The summed E-state index contributed by atoms with van der Waals surface area (Å²) in [5.41, 5.74) is 4.31. The Hall–Kier alpha value is -4.06. The van der Waals surface area contributed by atoms with Gasteiger partial charge < -0.3 is 19.2 Å². The van der Waals surface area contributed by atoms with Crippen molar-refractivity contribution in [3.63, 3.8) is 0 Å². The Kier molecular flexibility index (Phi) is 11.2. The molecule has 0 aliphatic carbocycles. The summed E-state index contributed by atoms with van der Waals surface area (Å²) in [6.07, 6.45) is 4.96. The first-order valence-electron chi connectivity index (χ1n) is 14.0. The second-order valence-corrected chi connectivity index (χ2v) is 12.6. The first-order chi connectivity index (χ1) is 19.4. The lowest BCUT2D eigenvalue weighted by Gasteiger charge is -2.20. The Morgan fingerprint density at radius 1 is 0.707 bits per heavy atom. The van der Waals surface area contributed by atoms with E-state index >= 15 is 0 Å². The Bertz CT molecular complexity index is 1400. The van der Waals surface area contributed by atoms with Gasteiger partial charge in [-0.25, -0.2) is 4.98 Å². The van der Waals surface area contributed by atoms with E-state index < -0.39 is 0 Å². The van der Waals surface area contributed by atoms with Gasteiger partial charge in [0.05, 0.1) is 13.3 Å². The van der Waals surface area contributed by atoms with Gasteiger partial charge >= 0.3 is 0 Å². The number of nitrogens with zero attached hydrogens (tertiary/aromatic N) is 1. The molecular formula is C35H44N2O4. The highest BCUT2D eigenvalue weighted by atomic mass is 16.5. The summed E-state index contributed by atoms with van der Waals surface area (Å²) in [5.74, 6) is 2.16. The summed E-state index contributed by atoms with van der Waals surface area (Å²) < 4.78 is 16.9. The fourth-order valence-corrected chi connectivity index (χ4v) is 4.21. The van der Waals surface area contributed by atoms with Gasteiger partial charge in [0.2, 0.25) is 5.88 Å². The quantitative estimate of drug-likeness (QED) is 0.228. The van der Waals surface area contributed by atoms with Crippen molar-refractivity contribution >= 4 is 0 Å². The van der Waals surface area contributed by atoms with Crippen LogP contribution in [0.15, 0.2) is 90.0 Å². The largest absolute Gasteiger partial charge is 0.487 e. The smallest absolute Gasteiger partial charge is 0.251 e. The van der Waals surface area contributed by atoms with Crippen molar-refractivity contribution in [3.8, 4) is 17.4 Å². The number of pyridine rings is 2. The van der Waals surface area contributed by atoms with E-state index in [4.69, 9.17) is 14.2 Å². The molecule has 0 atom stereocenters. The van der Waals surface area contributed by atoms with Crippen molar-refractivity contribution in [2.45, 2.75) is 67.6 Å². The van der Waals surface area contributed by atoms with Crippen LogP contribution < -0.4 is 19.8 Å². The van der Waals surface area contributed by atoms with Gasteiger partial charge in [-0.3, -0.25) is 4.79 Å². The van der Waals surface area contributed by atoms with Gasteiger partial charge in [0.25, 0.3) is 5.56 Å². The minimum absolute atomic E-state index is 0.0352. The zero-order valence-electron chi connectivity index (χ0n) is 25.5. The van der Waals surface area contributed by atoms with Crippen LogP contribution in [0.4, 0.5) is 0 Å². The second kappa shape index (κ2) is 14.5. The van der Waals surface area contributed by atoms with Gasteiger partial charge in [-0.15, -0.1) is 0 Å². The lowest BCUT2D eigenvalue weighted by Crippen LogP contribution is -2.19. The Morgan fingerprint density at radius 3 is 1.71 bits per heavy atom. The third kappa shape index (κ3) is 11.5. The molecule has 41 heavy (non-hydrogen) atoms. The molecule has 2 heterocycles. The van der Waals surface area contributed by atoms with Crippen molar-refractivity contribution in [2.24, 2.45) is 10.8 Å². The predicted molar refractivity (Wildman–Crippen MR) is 166 cm³/mol. The average Bonchev–Trinajstić information content (AvgIpc) is 2.92. The SMILES string of the molecule is CC(C)(C)Cc1cc(OCc2ccccc2)c[nH]c1=O.COc1ncc(OCc2ccccc2)cc1CC(C)(C)C. The second-order valence-electron chi connectivity index (χ2n) is 12.6. The monoisotopic (exact) mass is 556 g/mol. The number of rotatable bonds is 9. The van der Waals surface area contributed by atoms with Gasteiger partial charge in [-0.05, 0) is 46.9 Å². The van der Waals surface area contributed by atoms with Gasteiger partial charge in [0.15, 0.2) is 0 Å². The van der Waals surface area contributed by atoms with Gasteiger partial charge in [0.1, 0.15) is 24.7 Å². The number of aromatic nitrogens is 2. The molecule has 0 aliphatic rings. The van der Waals surface area contributed by atoms with Crippen LogP contribution in [0, 0.1) is 10.8 Å². The number of H-pyrrole nitrogens is 1. The molecule has 0 spiro atoms. The van der Waals surface area contributed by atoms with Crippen LogP contribution in [0.3, 0.4) is 0 Å². The number of aromatic amines is 1. The van der Waals surface area contributed by atoms with E-state index in [9.17, 15) is 4.79 Å². The third-order valence-electron chi connectivity index (χ3n) is 5.99. The van der Waals surface area contributed by atoms with E-state index in [1.807, 2.05) is 72.8 Å². The van der Waals surface area contributed by atoms with Gasteiger partial charge in [-0.1, -0.05) is 102 Å². The van der Waals surface area contributed by atoms with E-state index in [1.165, 1.54) is 0 Å². The van der Waals surface area contributed by atoms with Crippen LogP contribution in [0.5, 0.6) is 17.4 Å². The van der Waals surface area contributed by atoms with E-state index in [0.717, 1.165) is 40.8 Å². The maximum absolute atomic E-state index is 11.8. The molecule has 0 bridgehead atoms. The molecule has 0 saturated carbocycles. The van der Waals surface area contributed by atoms with Crippen molar-refractivity contribution in [2.75, 3.05) is 7.11 Å². The summed E-state index contributed by atoms with van der Waals surface area (Å²) in [6.45, 7) is 14.0. The van der Waals surface area contributed by atoms with Crippen LogP contribution >= 0.6 is 0 Å². The number of hydrogen-bond acceptors (Lipinski definition) is 5. The average molecular weight is 557 g/mol. The molecule has 0 radical (unpaired) electrons. The normalized spacial score (nSPS) is 11.3. The lowest BCUT2D eigenvalue weighted by atomic mass is 9.88. The molecule has 0 unspecified atom stereocenters. The summed E-state index contributed by atoms with van der Waals surface area (Å²) >= 11 is 0. The number of benzene rings is 2. The number of nitrogens with one attached hydrogen (secondary N) is 1. The number of methoxy groups -OCH3 is 1. The van der Waals surface area contributed by atoms with Crippen molar-refractivity contribution in [1.29, 1.82) is 0 Å². The minimum Gasteiger partial charge on any atom is -0.487 e. The highest BCUT2D eigenvalue weighted by Gasteiger charge is 2.17. The van der Waals surface area contributed by atoms with Gasteiger partial charge in [-0.2, -0.15) is 0 Å². The molecule has 2 aromatic heterocycles. The molecule has 6 heteroatoms. The fraction of sp³-hybridized carbons (Fsp3) is 0.371. The van der Waals surface area contributed by atoms with Crippen molar-refractivity contribution < 1.29 is 14.2 Å². The first kappa shape index (κ1) is 31.5. The highest BCUT2D eigenvalue weighted by molar-refractivity contribution is 5.34. The molecular weight excluding hydrogens is 512 g/mol. The molecule has 6 nitrogen and oxygen atoms in total. The van der Waals surface area contributed by atoms with E-state index in [0.29, 0.717) is 24.8 Å². The molecule has 4 rings (SSSR count). The molecule has 0 amide bonds. The summed E-state index contributed by atoms with van der Waals surface area (Å²) in [5, 5.41) is 0. The summed E-state index contributed by atoms with van der Waals surface area (Å²) in [7, 11) is 1.65. The summed E-state index contributed by atoms with van der Waals surface area (Å²) in [4.78, 5) is 18.9. The maximum atomic E-state index is 11.8. The third-order valence-corrected chi connectivity index (χ3v) is 5.99. The van der Waals surface area contributed by atoms with Crippen LogP contribution in [0.25, 0.3) is 0 Å². The predicted octanol–water partition coefficient (Wildman–Crippen LogP) is 7.80. The summed E-state index contributed by atoms with van der Waals surface area (Å²) in [6, 6.07) is 24.0. The van der Waals surface area contributed by atoms with Crippen LogP contribution in [0.2, 0.25) is 0 Å². The van der Waals surface area contributed by atoms with Crippen molar-refractivity contribution in [1.82, 2.24) is 9.97 Å². The van der Waals surface area contributed by atoms with E-state index in [2.05, 4.69) is 51.5 Å². The standard InChI is InChI=1S/C18H23NO2.C17H21NO2/c1-18(2,3)11-15-10-16(12-19-17(15)20-4)21-13-14-8-6-5-7-9-14;1-17(2,3)10-14-9-15(11-18-16(14)19)20-12-13-7-5-4-6-8-13/h5-10,12H,11,13H2,1-4H3;4-9,11H,10,12H2,1-3H3,(H,18,19). The maximum Gasteiger partial charge on any atom is 0.251 e. The Labute approximate surface area is 244 Å². The zero-order chi connectivity index (χ0) is 29.9. The van der Waals surface area contributed by atoms with E-state index in [1.54, 1.807) is 19.5 Å². The molecule has 4 aromatic rings. The molecule has 218 valence electrons. The molecule has 0 saturated heterocycles. The molecule has 2 aromatic carbocycles. The first-order valence-corrected chi connectivity index (χ1v) is 14.0. The van der Waals surface area contributed by atoms with Crippen LogP contribution in [-0.4, -0.2) is 17.1 Å². The minimum atomic E-state index is -0.0352. The topological polar surface area (TPSA) is 73.4 Å². The Balaban J connectivity index is 0.000000226. The van der Waals surface area contributed by atoms with Gasteiger partial charge in [0, 0.05) is 17.3 Å². The fourth-order valence-electron chi connectivity index (χ4n) is 4.21. The lowest BCUT2D eigenvalue weighted by molar-refractivity contribution is 0.301. The molecule has 0 aliphatic heterocycles. The number of ether oxygens (including phenoxy) is 3. The molecule has 1 N–H and O–H groups in total. The van der Waals surface area contributed by atoms with Crippen molar-refractivity contribution in [3.05, 3.63) is 118 Å². The Morgan fingerprint density at radius 2 is 1.20 bits per heavy atom. The number of hydrogen-bond donors (Lipinski definition) is 1.